The van der Waals surface area contributed by atoms with Crippen molar-refractivity contribution in [2.45, 2.75) is 44.6 Å². The number of esters is 1. The van der Waals surface area contributed by atoms with Gasteiger partial charge in [-0.3, -0.25) is 14.3 Å². The molecule has 212 valence electrons. The second kappa shape index (κ2) is 10.9. The topological polar surface area (TPSA) is 73.7 Å². The summed E-state index contributed by atoms with van der Waals surface area (Å²) in [7, 11) is 1.51. The molecule has 1 atom stereocenters. The third-order valence-corrected chi connectivity index (χ3v) is 5.96. The molecule has 0 bridgehead atoms. The van der Waals surface area contributed by atoms with Crippen molar-refractivity contribution >= 4 is 45.1 Å². The van der Waals surface area contributed by atoms with Gasteiger partial charge < -0.3 is 9.47 Å². The lowest BCUT2D eigenvalue weighted by Crippen LogP contribution is -2.45. The molecule has 1 heterocycles. The minimum absolute atomic E-state index is 0.0403. The van der Waals surface area contributed by atoms with Gasteiger partial charge in [-0.2, -0.15) is 39.5 Å². The zero-order valence-electron chi connectivity index (χ0n) is 19.4. The molecule has 18 heteroatoms. The molecular weight excluding hydrogens is 633 g/mol. The highest BCUT2D eigenvalue weighted by Gasteiger charge is 2.44. The maximum absolute atomic E-state index is 13.7. The highest BCUT2D eigenvalue weighted by molar-refractivity contribution is 9.10. The molecule has 0 radical (unpaired) electrons. The summed E-state index contributed by atoms with van der Waals surface area (Å²) in [6.07, 6.45) is -18.6. The van der Waals surface area contributed by atoms with Gasteiger partial charge in [-0.15, -0.1) is 0 Å². The summed E-state index contributed by atoms with van der Waals surface area (Å²) < 4.78 is 132. The number of carbonyl (C=O) groups is 1. The number of hydrogen-bond donors (Lipinski definition) is 0. The van der Waals surface area contributed by atoms with E-state index in [1.54, 1.807) is 0 Å². The Kier molecular flexibility index (Phi) is 9.10. The summed E-state index contributed by atoms with van der Waals surface area (Å²) in [6.45, 7) is 2.50. The lowest BCUT2D eigenvalue weighted by Gasteiger charge is -2.34. The van der Waals surface area contributed by atoms with E-state index in [2.05, 4.69) is 25.7 Å². The Morgan fingerprint density at radius 2 is 1.58 bits per heavy atom. The number of alkyl halides is 9. The van der Waals surface area contributed by atoms with E-state index in [9.17, 15) is 49.1 Å². The van der Waals surface area contributed by atoms with Crippen LogP contribution in [0.4, 0.5) is 51.1 Å². The summed E-state index contributed by atoms with van der Waals surface area (Å²) >= 11 is 8.34. The first-order valence-electron chi connectivity index (χ1n) is 9.95. The highest BCUT2D eigenvalue weighted by Crippen LogP contribution is 2.46. The molecule has 2 aromatic rings. The number of rotatable bonds is 6. The molecule has 0 saturated carbocycles. The van der Waals surface area contributed by atoms with E-state index in [0.29, 0.717) is 4.57 Å². The number of methoxy groups -OCH3 is 2. The van der Waals surface area contributed by atoms with Crippen LogP contribution in [0.15, 0.2) is 21.4 Å². The van der Waals surface area contributed by atoms with Crippen LogP contribution in [-0.2, 0) is 32.8 Å². The Morgan fingerprint density at radius 1 is 1.03 bits per heavy atom. The molecular formula is C20H16BrClF9N3O4. The number of ether oxygens (including phenoxy) is 2. The van der Waals surface area contributed by atoms with Crippen molar-refractivity contribution in [3.05, 3.63) is 48.8 Å². The van der Waals surface area contributed by atoms with Crippen molar-refractivity contribution in [3.8, 4) is 0 Å². The fourth-order valence-corrected chi connectivity index (χ4v) is 4.04. The van der Waals surface area contributed by atoms with Crippen molar-refractivity contribution in [1.82, 2.24) is 9.55 Å². The standard InChI is InChI=1S/C20H16BrClF9N3O4/c1-7(2)33-14(35)11(21)13(20(29,30)31)32-17(33)34(15(37-3)16(36)38-4)10-6-8(18(23,24)25)5-9(12(10)22)19(26,27)28/h5-7,15H,1-4H3. The van der Waals surface area contributed by atoms with Gasteiger partial charge in [0, 0.05) is 13.2 Å². The Morgan fingerprint density at radius 3 is 1.97 bits per heavy atom. The molecule has 1 aromatic heterocycles. The Hall–Kier alpha value is -2.53. The molecule has 2 rings (SSSR count). The number of carbonyl (C=O) groups excluding carboxylic acids is 1. The molecule has 0 aliphatic rings. The van der Waals surface area contributed by atoms with Gasteiger partial charge in [0.1, 0.15) is 4.47 Å². The molecule has 7 nitrogen and oxygen atoms in total. The normalized spacial score (nSPS) is 13.6. The number of halogens is 11. The Bertz CT molecular complexity index is 1280. The van der Waals surface area contributed by atoms with Crippen LogP contribution >= 0.6 is 27.5 Å². The van der Waals surface area contributed by atoms with Crippen LogP contribution in [-0.4, -0.2) is 36.0 Å². The van der Waals surface area contributed by atoms with Crippen molar-refractivity contribution in [2.24, 2.45) is 0 Å². The van der Waals surface area contributed by atoms with E-state index in [4.69, 9.17) is 16.3 Å². The average Bonchev–Trinajstić information content (AvgIpc) is 2.76. The van der Waals surface area contributed by atoms with Gasteiger partial charge in [0.25, 0.3) is 5.56 Å². The first-order valence-corrected chi connectivity index (χ1v) is 11.1. The average molecular weight is 649 g/mol. The molecule has 0 fully saturated rings. The maximum atomic E-state index is 13.7. The number of nitrogens with zero attached hydrogens (tertiary/aromatic N) is 3. The van der Waals surface area contributed by atoms with Crippen molar-refractivity contribution in [2.75, 3.05) is 19.1 Å². The minimum atomic E-state index is -5.49. The molecule has 0 saturated heterocycles. The fourth-order valence-electron chi connectivity index (χ4n) is 3.23. The molecule has 38 heavy (non-hydrogen) atoms. The molecule has 0 spiro atoms. The molecule has 0 N–H and O–H groups in total. The van der Waals surface area contributed by atoms with E-state index in [1.807, 2.05) is 0 Å². The Balaban J connectivity index is 3.25. The zero-order chi connectivity index (χ0) is 29.5. The summed E-state index contributed by atoms with van der Waals surface area (Å²) in [4.78, 5) is 28.8. The van der Waals surface area contributed by atoms with Gasteiger partial charge in [-0.1, -0.05) is 11.6 Å². The molecule has 1 unspecified atom stereocenters. The summed E-state index contributed by atoms with van der Waals surface area (Å²) in [6, 6.07) is -1.39. The van der Waals surface area contributed by atoms with E-state index >= 15 is 0 Å². The van der Waals surface area contributed by atoms with Gasteiger partial charge in [-0.05, 0) is 41.9 Å². The van der Waals surface area contributed by atoms with Gasteiger partial charge in [0.05, 0.1) is 28.9 Å². The van der Waals surface area contributed by atoms with Gasteiger partial charge >= 0.3 is 24.5 Å². The number of benzene rings is 1. The first kappa shape index (κ1) is 31.7. The number of anilines is 2. The number of aromatic nitrogens is 2. The molecule has 1 aromatic carbocycles. The van der Waals surface area contributed by atoms with Crippen molar-refractivity contribution in [3.63, 3.8) is 0 Å². The molecule has 0 aliphatic heterocycles. The largest absolute Gasteiger partial charge is 0.466 e. The SMILES string of the molecule is COC(=O)C(OC)N(c1cc(C(F)(F)F)cc(C(F)(F)F)c1Cl)c1nc(C(F)(F)F)c(Br)c(=O)n1C(C)C. The van der Waals surface area contributed by atoms with Gasteiger partial charge in [-0.25, -0.2) is 9.78 Å². The predicted octanol–water partition coefficient (Wildman–Crippen LogP) is 6.58. The van der Waals surface area contributed by atoms with Crippen molar-refractivity contribution < 1.29 is 53.8 Å². The summed E-state index contributed by atoms with van der Waals surface area (Å²) in [5, 5.41) is -1.46. The Labute approximate surface area is 221 Å². The second-order valence-electron chi connectivity index (χ2n) is 7.67. The monoisotopic (exact) mass is 647 g/mol. The highest BCUT2D eigenvalue weighted by atomic mass is 79.9. The van der Waals surface area contributed by atoms with Gasteiger partial charge in [0.2, 0.25) is 12.2 Å². The second-order valence-corrected chi connectivity index (χ2v) is 8.85. The first-order chi connectivity index (χ1) is 17.2. The lowest BCUT2D eigenvalue weighted by atomic mass is 10.1. The third kappa shape index (κ3) is 6.20. The summed E-state index contributed by atoms with van der Waals surface area (Å²) in [5.74, 6) is -2.71. The van der Waals surface area contributed by atoms with Crippen LogP contribution in [0.2, 0.25) is 5.02 Å². The summed E-state index contributed by atoms with van der Waals surface area (Å²) in [5.41, 5.74) is -8.59. The van der Waals surface area contributed by atoms with E-state index in [-0.39, 0.29) is 17.0 Å². The van der Waals surface area contributed by atoms with Crippen LogP contribution < -0.4 is 10.5 Å². The van der Waals surface area contributed by atoms with Crippen LogP contribution in [0.3, 0.4) is 0 Å². The number of hydrogen-bond acceptors (Lipinski definition) is 6. The van der Waals surface area contributed by atoms with Crippen LogP contribution in [0, 0.1) is 0 Å². The van der Waals surface area contributed by atoms with Gasteiger partial charge in [0.15, 0.2) is 5.69 Å². The quantitative estimate of drug-likeness (QED) is 0.200. The zero-order valence-corrected chi connectivity index (χ0v) is 21.8. The van der Waals surface area contributed by atoms with Crippen LogP contribution in [0.5, 0.6) is 0 Å². The maximum Gasteiger partial charge on any atom is 0.434 e. The van der Waals surface area contributed by atoms with Crippen LogP contribution in [0.1, 0.15) is 36.7 Å². The smallest absolute Gasteiger partial charge is 0.434 e. The fraction of sp³-hybridized carbons (Fsp3) is 0.450. The predicted molar refractivity (Wildman–Crippen MR) is 118 cm³/mol. The van der Waals surface area contributed by atoms with E-state index in [1.165, 1.54) is 13.8 Å². The third-order valence-electron chi connectivity index (χ3n) is 4.85. The van der Waals surface area contributed by atoms with Crippen molar-refractivity contribution in [1.29, 1.82) is 0 Å². The minimum Gasteiger partial charge on any atom is -0.466 e. The van der Waals surface area contributed by atoms with Crippen LogP contribution in [0.25, 0.3) is 0 Å². The van der Waals surface area contributed by atoms with E-state index in [0.717, 1.165) is 14.2 Å². The van der Waals surface area contributed by atoms with E-state index < -0.39 is 80.3 Å². The lowest BCUT2D eigenvalue weighted by molar-refractivity contribution is -0.151. The molecule has 0 amide bonds. The molecule has 0 aliphatic carbocycles.